The molecular formula is C24H24O4S. The van der Waals surface area contributed by atoms with E-state index in [1.807, 2.05) is 25.1 Å². The normalized spacial score (nSPS) is 15.8. The summed E-state index contributed by atoms with van der Waals surface area (Å²) in [5.74, 6) is 0.827. The van der Waals surface area contributed by atoms with Crippen LogP contribution >= 0.6 is 0 Å². The number of aryl methyl sites for hydroxylation is 3. The molecule has 0 saturated heterocycles. The molecule has 0 N–H and O–H groups in total. The molecule has 1 aliphatic rings. The molecule has 0 aromatic heterocycles. The summed E-state index contributed by atoms with van der Waals surface area (Å²) in [4.78, 5) is 0.164. The molecular weight excluding hydrogens is 384 g/mol. The maximum Gasteiger partial charge on any atom is 0.297 e. The maximum absolute atomic E-state index is 12.5. The fourth-order valence-electron chi connectivity index (χ4n) is 3.92. The van der Waals surface area contributed by atoms with Crippen LogP contribution in [0.3, 0.4) is 0 Å². The summed E-state index contributed by atoms with van der Waals surface area (Å²) in [6, 6.07) is 17.8. The van der Waals surface area contributed by atoms with Crippen LogP contribution in [-0.4, -0.2) is 15.5 Å². The Bertz CT molecular complexity index is 1200. The zero-order valence-electron chi connectivity index (χ0n) is 17.0. The van der Waals surface area contributed by atoms with Crippen molar-refractivity contribution < 1.29 is 17.3 Å². The summed E-state index contributed by atoms with van der Waals surface area (Å²) < 4.78 is 36.1. The average Bonchev–Trinajstić information content (AvgIpc) is 3.14. The van der Waals surface area contributed by atoms with E-state index >= 15 is 0 Å². The van der Waals surface area contributed by atoms with Gasteiger partial charge in [-0.15, -0.1) is 0 Å². The van der Waals surface area contributed by atoms with Crippen molar-refractivity contribution in [3.05, 3.63) is 82.4 Å². The lowest BCUT2D eigenvalue weighted by atomic mass is 9.95. The molecule has 0 saturated carbocycles. The van der Waals surface area contributed by atoms with E-state index in [-0.39, 0.29) is 11.0 Å². The Morgan fingerprint density at radius 1 is 0.931 bits per heavy atom. The minimum Gasteiger partial charge on any atom is -0.484 e. The number of hydrogen-bond acceptors (Lipinski definition) is 4. The molecule has 29 heavy (non-hydrogen) atoms. The third-order valence-electron chi connectivity index (χ3n) is 5.45. The molecule has 150 valence electrons. The number of ether oxygens (including phenoxy) is 1. The SMILES string of the molecule is COS(=O)(=O)c1ccc(C)cc1C1Cc2cccc(-c3cc(C)ccc3C)c2O1. The van der Waals surface area contributed by atoms with Gasteiger partial charge in [0, 0.05) is 17.5 Å². The molecule has 4 nitrogen and oxygen atoms in total. The molecule has 1 atom stereocenters. The van der Waals surface area contributed by atoms with Gasteiger partial charge < -0.3 is 4.74 Å². The van der Waals surface area contributed by atoms with Gasteiger partial charge in [0.25, 0.3) is 10.1 Å². The number of fused-ring (bicyclic) bond motifs is 1. The highest BCUT2D eigenvalue weighted by molar-refractivity contribution is 7.86. The summed E-state index contributed by atoms with van der Waals surface area (Å²) >= 11 is 0. The molecule has 0 amide bonds. The van der Waals surface area contributed by atoms with Crippen molar-refractivity contribution in [1.82, 2.24) is 0 Å². The first-order chi connectivity index (χ1) is 13.8. The van der Waals surface area contributed by atoms with Gasteiger partial charge in [-0.2, -0.15) is 8.42 Å². The minimum absolute atomic E-state index is 0.164. The fraction of sp³-hybridized carbons (Fsp3) is 0.250. The van der Waals surface area contributed by atoms with Crippen molar-refractivity contribution in [2.24, 2.45) is 0 Å². The number of hydrogen-bond donors (Lipinski definition) is 0. The molecule has 0 fully saturated rings. The second kappa shape index (κ2) is 7.32. The maximum atomic E-state index is 12.5. The smallest absolute Gasteiger partial charge is 0.297 e. The molecule has 0 radical (unpaired) electrons. The van der Waals surface area contributed by atoms with Crippen LogP contribution in [-0.2, 0) is 20.7 Å². The van der Waals surface area contributed by atoms with Crippen LogP contribution in [0.1, 0.15) is 33.9 Å². The van der Waals surface area contributed by atoms with Gasteiger partial charge in [0.1, 0.15) is 16.7 Å². The molecule has 0 aliphatic carbocycles. The minimum atomic E-state index is -3.82. The van der Waals surface area contributed by atoms with Gasteiger partial charge in [-0.3, -0.25) is 4.18 Å². The molecule has 3 aromatic carbocycles. The van der Waals surface area contributed by atoms with E-state index in [4.69, 9.17) is 8.92 Å². The highest BCUT2D eigenvalue weighted by Crippen LogP contribution is 2.45. The summed E-state index contributed by atoms with van der Waals surface area (Å²) in [6.45, 7) is 6.10. The standard InChI is InChI=1S/C24H24O4S/c1-15-8-10-17(3)20(12-15)19-7-5-6-18-14-22(28-24(18)19)21-13-16(2)9-11-23(21)29(25,26)27-4/h5-13,22H,14H2,1-4H3. The molecule has 1 heterocycles. The Labute approximate surface area is 172 Å². The Kier molecular flexibility index (Phi) is 4.97. The Morgan fingerprint density at radius 3 is 2.41 bits per heavy atom. The zero-order valence-corrected chi connectivity index (χ0v) is 17.8. The molecule has 1 unspecified atom stereocenters. The van der Waals surface area contributed by atoms with Gasteiger partial charge >= 0.3 is 0 Å². The van der Waals surface area contributed by atoms with Crippen molar-refractivity contribution in [1.29, 1.82) is 0 Å². The van der Waals surface area contributed by atoms with Gasteiger partial charge in [-0.25, -0.2) is 0 Å². The molecule has 1 aliphatic heterocycles. The van der Waals surface area contributed by atoms with E-state index < -0.39 is 10.1 Å². The second-order valence-electron chi connectivity index (χ2n) is 7.58. The van der Waals surface area contributed by atoms with E-state index in [0.717, 1.165) is 28.0 Å². The third kappa shape index (κ3) is 3.56. The first kappa shape index (κ1) is 19.7. The highest BCUT2D eigenvalue weighted by Gasteiger charge is 2.32. The Balaban J connectivity index is 1.81. The lowest BCUT2D eigenvalue weighted by Crippen LogP contribution is -2.12. The number of benzene rings is 3. The fourth-order valence-corrected chi connectivity index (χ4v) is 4.81. The zero-order chi connectivity index (χ0) is 20.8. The predicted molar refractivity (Wildman–Crippen MR) is 114 cm³/mol. The van der Waals surface area contributed by atoms with Crippen LogP contribution in [0.25, 0.3) is 11.1 Å². The highest BCUT2D eigenvalue weighted by atomic mass is 32.2. The average molecular weight is 409 g/mol. The van der Waals surface area contributed by atoms with Crippen molar-refractivity contribution in [2.75, 3.05) is 7.11 Å². The van der Waals surface area contributed by atoms with Crippen molar-refractivity contribution in [3.8, 4) is 16.9 Å². The monoisotopic (exact) mass is 408 g/mol. The summed E-state index contributed by atoms with van der Waals surface area (Å²) in [5.41, 5.74) is 7.22. The van der Waals surface area contributed by atoms with E-state index in [9.17, 15) is 8.42 Å². The van der Waals surface area contributed by atoms with Crippen molar-refractivity contribution in [2.45, 2.75) is 38.2 Å². The van der Waals surface area contributed by atoms with Gasteiger partial charge in [0.15, 0.2) is 0 Å². The van der Waals surface area contributed by atoms with E-state index in [0.29, 0.717) is 12.0 Å². The van der Waals surface area contributed by atoms with Crippen LogP contribution in [0, 0.1) is 20.8 Å². The quantitative estimate of drug-likeness (QED) is 0.551. The Hall–Kier alpha value is -2.63. The van der Waals surface area contributed by atoms with Crippen LogP contribution in [0.5, 0.6) is 5.75 Å². The first-order valence-electron chi connectivity index (χ1n) is 9.57. The van der Waals surface area contributed by atoms with Crippen LogP contribution in [0.2, 0.25) is 0 Å². The van der Waals surface area contributed by atoms with Crippen LogP contribution in [0.4, 0.5) is 0 Å². The molecule has 3 aromatic rings. The molecule has 0 spiro atoms. The van der Waals surface area contributed by atoms with Gasteiger partial charge in [0.2, 0.25) is 0 Å². The molecule has 5 heteroatoms. The van der Waals surface area contributed by atoms with Crippen LogP contribution < -0.4 is 4.74 Å². The topological polar surface area (TPSA) is 52.6 Å². The Morgan fingerprint density at radius 2 is 1.66 bits per heavy atom. The predicted octanol–water partition coefficient (Wildman–Crippen LogP) is 5.29. The van der Waals surface area contributed by atoms with Crippen molar-refractivity contribution in [3.63, 3.8) is 0 Å². The van der Waals surface area contributed by atoms with Crippen molar-refractivity contribution >= 4 is 10.1 Å². The summed E-state index contributed by atoms with van der Waals surface area (Å²) in [7, 11) is -2.64. The van der Waals surface area contributed by atoms with Gasteiger partial charge in [-0.1, -0.05) is 59.7 Å². The van der Waals surface area contributed by atoms with Gasteiger partial charge in [-0.05, 0) is 43.5 Å². The van der Waals surface area contributed by atoms with E-state index in [1.165, 1.54) is 18.2 Å². The summed E-state index contributed by atoms with van der Waals surface area (Å²) in [5, 5.41) is 0. The van der Waals surface area contributed by atoms with E-state index in [1.54, 1.807) is 12.1 Å². The molecule has 0 bridgehead atoms. The number of rotatable bonds is 4. The number of para-hydroxylation sites is 1. The second-order valence-corrected chi connectivity index (χ2v) is 9.27. The first-order valence-corrected chi connectivity index (χ1v) is 11.0. The largest absolute Gasteiger partial charge is 0.484 e. The van der Waals surface area contributed by atoms with E-state index in [2.05, 4.69) is 38.1 Å². The summed E-state index contributed by atoms with van der Waals surface area (Å²) in [6.07, 6.45) is 0.236. The van der Waals surface area contributed by atoms with Gasteiger partial charge in [0.05, 0.1) is 7.11 Å². The lowest BCUT2D eigenvalue weighted by molar-refractivity contribution is 0.235. The lowest BCUT2D eigenvalue weighted by Gasteiger charge is -2.17. The third-order valence-corrected chi connectivity index (χ3v) is 6.80. The van der Waals surface area contributed by atoms with Crippen LogP contribution in [0.15, 0.2) is 59.5 Å². The molecule has 4 rings (SSSR count).